The van der Waals surface area contributed by atoms with Crippen LogP contribution in [0.4, 0.5) is 4.39 Å². The van der Waals surface area contributed by atoms with Gasteiger partial charge in [0, 0.05) is 16.7 Å². The number of carbonyl (C=O) groups excluding carboxylic acids is 2. The van der Waals surface area contributed by atoms with E-state index in [2.05, 4.69) is 13.2 Å². The summed E-state index contributed by atoms with van der Waals surface area (Å²) in [6, 6.07) is 20.1. The van der Waals surface area contributed by atoms with Gasteiger partial charge in [-0.2, -0.15) is 0 Å². The zero-order chi connectivity index (χ0) is 26.8. The molecule has 0 spiro atoms. The molecule has 0 atom stereocenters. The molecule has 0 aliphatic heterocycles. The molecule has 0 heterocycles. The summed E-state index contributed by atoms with van der Waals surface area (Å²) < 4.78 is 25.0. The minimum atomic E-state index is -0.434. The Balaban J connectivity index is 1.60. The van der Waals surface area contributed by atoms with Crippen molar-refractivity contribution in [1.82, 2.24) is 0 Å². The van der Waals surface area contributed by atoms with Gasteiger partial charge in [0.15, 0.2) is 0 Å². The van der Waals surface area contributed by atoms with Gasteiger partial charge in [-0.1, -0.05) is 92.1 Å². The van der Waals surface area contributed by atoms with Gasteiger partial charge in [-0.15, -0.1) is 0 Å². The molecule has 0 unspecified atom stereocenters. The van der Waals surface area contributed by atoms with Crippen molar-refractivity contribution < 1.29 is 23.5 Å². The Morgan fingerprint density at radius 3 is 1.86 bits per heavy atom. The van der Waals surface area contributed by atoms with Crippen LogP contribution in [-0.2, 0) is 32.3 Å². The van der Waals surface area contributed by atoms with Gasteiger partial charge in [-0.3, -0.25) is 0 Å². The van der Waals surface area contributed by atoms with E-state index in [1.165, 1.54) is 6.07 Å². The minimum absolute atomic E-state index is 0.147. The lowest BCUT2D eigenvalue weighted by atomic mass is 10.1. The van der Waals surface area contributed by atoms with Crippen molar-refractivity contribution in [2.24, 2.45) is 0 Å². The summed E-state index contributed by atoms with van der Waals surface area (Å²) in [5.41, 5.74) is 5.41. The molecule has 3 aromatic carbocycles. The predicted octanol–water partition coefficient (Wildman–Crippen LogP) is 7.41. The molecule has 0 bridgehead atoms. The molecule has 3 rings (SSSR count). The number of halogens is 1. The first-order valence-corrected chi connectivity index (χ1v) is 11.7. The molecule has 0 saturated heterocycles. The maximum Gasteiger partial charge on any atom is 0.333 e. The summed E-state index contributed by atoms with van der Waals surface area (Å²) in [7, 11) is 0. The average molecular weight is 497 g/mol. The molecule has 0 radical (unpaired) electrons. The summed E-state index contributed by atoms with van der Waals surface area (Å²) in [5.74, 6) is -1.19. The molecule has 0 aliphatic rings. The van der Waals surface area contributed by atoms with Crippen LogP contribution >= 0.6 is 0 Å². The summed E-state index contributed by atoms with van der Waals surface area (Å²) in [6.45, 7) is 10.7. The van der Waals surface area contributed by atoms with Gasteiger partial charge in [0.2, 0.25) is 0 Å². The first-order valence-electron chi connectivity index (χ1n) is 11.7. The molecule has 0 aromatic heterocycles. The van der Waals surface area contributed by atoms with Crippen LogP contribution in [-0.4, -0.2) is 11.9 Å². The van der Waals surface area contributed by atoms with Crippen LogP contribution in [0.1, 0.15) is 47.2 Å². The minimum Gasteiger partial charge on any atom is -0.457 e. The highest BCUT2D eigenvalue weighted by molar-refractivity contribution is 5.87. The third-order valence-electron chi connectivity index (χ3n) is 5.32. The van der Waals surface area contributed by atoms with E-state index in [0.29, 0.717) is 16.7 Å². The van der Waals surface area contributed by atoms with Crippen molar-refractivity contribution in [1.29, 1.82) is 0 Å². The van der Waals surface area contributed by atoms with Crippen molar-refractivity contribution in [2.75, 3.05) is 0 Å². The fraction of sp³-hybridized carbons (Fsp3) is 0.125. The average Bonchev–Trinajstić information content (AvgIpc) is 2.89. The molecule has 0 aliphatic carbocycles. The molecule has 3 aromatic rings. The lowest BCUT2D eigenvalue weighted by molar-refractivity contribution is -0.141. The summed E-state index contributed by atoms with van der Waals surface area (Å²) in [5, 5.41) is 0. The van der Waals surface area contributed by atoms with Crippen LogP contribution in [0, 0.1) is 5.82 Å². The second kappa shape index (κ2) is 13.0. The molecule has 37 heavy (non-hydrogen) atoms. The monoisotopic (exact) mass is 496 g/mol. The van der Waals surface area contributed by atoms with Crippen LogP contribution in [0.5, 0.6) is 0 Å². The SMILES string of the molecule is C=C(C)C(=O)OCc1ccc(C=Cc2ccc(C=Cc3cccc(COC(=O)C(=C)C)c3)c(F)c2)cc1. The second-order valence-electron chi connectivity index (χ2n) is 8.65. The first kappa shape index (κ1) is 27.1. The molecular weight excluding hydrogens is 467 g/mol. The largest absolute Gasteiger partial charge is 0.457 e. The van der Waals surface area contributed by atoms with E-state index < -0.39 is 11.9 Å². The predicted molar refractivity (Wildman–Crippen MR) is 146 cm³/mol. The van der Waals surface area contributed by atoms with Crippen LogP contribution in [0.2, 0.25) is 0 Å². The number of hydrogen-bond acceptors (Lipinski definition) is 4. The molecule has 0 saturated carbocycles. The Morgan fingerprint density at radius 2 is 1.24 bits per heavy atom. The maximum absolute atomic E-state index is 14.7. The number of ether oxygens (including phenoxy) is 2. The number of rotatable bonds is 10. The maximum atomic E-state index is 14.7. The molecule has 0 fully saturated rings. The lowest BCUT2D eigenvalue weighted by Crippen LogP contribution is -2.04. The lowest BCUT2D eigenvalue weighted by Gasteiger charge is -2.05. The van der Waals surface area contributed by atoms with Gasteiger partial charge in [0.05, 0.1) is 0 Å². The van der Waals surface area contributed by atoms with Crippen molar-refractivity contribution >= 4 is 36.2 Å². The van der Waals surface area contributed by atoms with E-state index in [9.17, 15) is 14.0 Å². The van der Waals surface area contributed by atoms with Crippen molar-refractivity contribution in [3.63, 3.8) is 0 Å². The second-order valence-corrected chi connectivity index (χ2v) is 8.65. The smallest absolute Gasteiger partial charge is 0.333 e. The first-order chi connectivity index (χ1) is 17.7. The number of carbonyl (C=O) groups is 2. The van der Waals surface area contributed by atoms with Gasteiger partial charge < -0.3 is 9.47 Å². The van der Waals surface area contributed by atoms with Crippen LogP contribution in [0.25, 0.3) is 24.3 Å². The summed E-state index contributed by atoms with van der Waals surface area (Å²) in [4.78, 5) is 23.1. The quantitative estimate of drug-likeness (QED) is 0.167. The molecule has 0 N–H and O–H groups in total. The van der Waals surface area contributed by atoms with Crippen LogP contribution in [0.3, 0.4) is 0 Å². The molecular formula is C32H29FO4. The highest BCUT2D eigenvalue weighted by atomic mass is 19.1. The van der Waals surface area contributed by atoms with Gasteiger partial charge in [-0.25, -0.2) is 14.0 Å². The van der Waals surface area contributed by atoms with E-state index in [0.717, 1.165) is 27.8 Å². The van der Waals surface area contributed by atoms with Crippen molar-refractivity contribution in [3.05, 3.63) is 130 Å². The number of benzene rings is 3. The highest BCUT2D eigenvalue weighted by Crippen LogP contribution is 2.18. The molecule has 5 heteroatoms. The Kier molecular flexibility index (Phi) is 9.50. The van der Waals surface area contributed by atoms with E-state index in [-0.39, 0.29) is 19.0 Å². The van der Waals surface area contributed by atoms with E-state index in [1.807, 2.05) is 72.8 Å². The molecule has 4 nitrogen and oxygen atoms in total. The standard InChI is InChI=1S/C32H29FO4/c1-22(2)31(34)36-20-27-12-9-24(10-13-27)8-11-26-15-17-29(30(33)19-26)16-14-25-6-5-7-28(18-25)21-37-32(35)23(3)4/h5-19H,1,3,20-21H2,2,4H3. The summed E-state index contributed by atoms with van der Waals surface area (Å²) >= 11 is 0. The van der Waals surface area contributed by atoms with Crippen LogP contribution < -0.4 is 0 Å². The topological polar surface area (TPSA) is 52.6 Å². The Hall–Kier alpha value is -4.51. The highest BCUT2D eigenvalue weighted by Gasteiger charge is 2.05. The fourth-order valence-corrected chi connectivity index (χ4v) is 3.22. The third kappa shape index (κ3) is 8.58. The van der Waals surface area contributed by atoms with Crippen LogP contribution in [0.15, 0.2) is 91.0 Å². The number of hydrogen-bond donors (Lipinski definition) is 0. The van der Waals surface area contributed by atoms with Gasteiger partial charge in [-0.05, 0) is 53.8 Å². The van der Waals surface area contributed by atoms with E-state index >= 15 is 0 Å². The van der Waals surface area contributed by atoms with Gasteiger partial charge in [0.1, 0.15) is 19.0 Å². The third-order valence-corrected chi connectivity index (χ3v) is 5.32. The fourth-order valence-electron chi connectivity index (χ4n) is 3.22. The van der Waals surface area contributed by atoms with Gasteiger partial charge >= 0.3 is 11.9 Å². The zero-order valence-electron chi connectivity index (χ0n) is 21.0. The molecule has 0 amide bonds. The van der Waals surface area contributed by atoms with Crippen molar-refractivity contribution in [2.45, 2.75) is 27.1 Å². The normalized spacial score (nSPS) is 11.0. The van der Waals surface area contributed by atoms with Crippen molar-refractivity contribution in [3.8, 4) is 0 Å². The molecule has 188 valence electrons. The Morgan fingerprint density at radius 1 is 0.703 bits per heavy atom. The van der Waals surface area contributed by atoms with Gasteiger partial charge in [0.25, 0.3) is 0 Å². The zero-order valence-corrected chi connectivity index (χ0v) is 21.0. The van der Waals surface area contributed by atoms with E-state index in [1.54, 1.807) is 26.0 Å². The Labute approximate surface area is 217 Å². The number of esters is 2. The van der Waals surface area contributed by atoms with E-state index in [4.69, 9.17) is 9.47 Å². The summed E-state index contributed by atoms with van der Waals surface area (Å²) in [6.07, 6.45) is 7.25. The Bertz CT molecular complexity index is 1360.